The molecule has 1 aliphatic rings. The summed E-state index contributed by atoms with van der Waals surface area (Å²) in [6, 6.07) is 8.05. The van der Waals surface area contributed by atoms with E-state index in [9.17, 15) is 9.18 Å². The number of carbonyl (C=O) groups excluding carboxylic acids is 1. The number of carbonyl (C=O) groups is 1. The molecule has 1 amide bonds. The number of amides is 1. The molecule has 1 aromatic carbocycles. The number of aryl methyl sites for hydroxylation is 1. The minimum absolute atomic E-state index is 0.0334. The van der Waals surface area contributed by atoms with Crippen LogP contribution in [0.5, 0.6) is 0 Å². The van der Waals surface area contributed by atoms with Crippen molar-refractivity contribution in [2.45, 2.75) is 31.7 Å². The van der Waals surface area contributed by atoms with E-state index in [-0.39, 0.29) is 17.0 Å². The van der Waals surface area contributed by atoms with Crippen molar-refractivity contribution >= 4 is 17.5 Å². The number of benzene rings is 1. The van der Waals surface area contributed by atoms with Gasteiger partial charge >= 0.3 is 0 Å². The Hall–Kier alpha value is -1.81. The zero-order valence-electron chi connectivity index (χ0n) is 13.1. The standard InChI is InChI=1S/C18H20ClFN2O/c1-21-10-5-7-16(21)17-6-3-2-4-11-22(17)18(23)14-9-8-13(20)12-15(14)19/h5,7-10,12,17H,2-4,6,11H2,1H3. The summed E-state index contributed by atoms with van der Waals surface area (Å²) in [5, 5.41) is 0.171. The Morgan fingerprint density at radius 3 is 2.78 bits per heavy atom. The average Bonchev–Trinajstić information content (AvgIpc) is 2.80. The van der Waals surface area contributed by atoms with Crippen molar-refractivity contribution in [3.8, 4) is 0 Å². The largest absolute Gasteiger partial charge is 0.353 e. The van der Waals surface area contributed by atoms with Gasteiger partial charge in [0.25, 0.3) is 5.91 Å². The fraction of sp³-hybridized carbons (Fsp3) is 0.389. The van der Waals surface area contributed by atoms with Gasteiger partial charge in [0.2, 0.25) is 0 Å². The van der Waals surface area contributed by atoms with Crippen LogP contribution in [0.3, 0.4) is 0 Å². The second-order valence-corrected chi connectivity index (χ2v) is 6.44. The second-order valence-electron chi connectivity index (χ2n) is 6.03. The lowest BCUT2D eigenvalue weighted by molar-refractivity contribution is 0.0674. The van der Waals surface area contributed by atoms with E-state index in [0.29, 0.717) is 12.1 Å². The smallest absolute Gasteiger partial charge is 0.255 e. The summed E-state index contributed by atoms with van der Waals surface area (Å²) in [6.45, 7) is 0.697. The third kappa shape index (κ3) is 3.27. The summed E-state index contributed by atoms with van der Waals surface area (Å²) in [7, 11) is 1.99. The minimum Gasteiger partial charge on any atom is -0.353 e. The Balaban J connectivity index is 1.96. The van der Waals surface area contributed by atoms with Crippen LogP contribution in [-0.2, 0) is 7.05 Å². The lowest BCUT2D eigenvalue weighted by Crippen LogP contribution is -2.35. The van der Waals surface area contributed by atoms with Gasteiger partial charge in [-0.1, -0.05) is 24.4 Å². The van der Waals surface area contributed by atoms with E-state index >= 15 is 0 Å². The first-order valence-electron chi connectivity index (χ1n) is 7.95. The van der Waals surface area contributed by atoms with Crippen molar-refractivity contribution in [3.63, 3.8) is 0 Å². The second kappa shape index (κ2) is 6.75. The van der Waals surface area contributed by atoms with Crippen LogP contribution in [0.4, 0.5) is 4.39 Å². The molecular formula is C18H20ClFN2O. The summed E-state index contributed by atoms with van der Waals surface area (Å²) in [6.07, 6.45) is 6.11. The van der Waals surface area contributed by atoms with E-state index in [4.69, 9.17) is 11.6 Å². The molecule has 5 heteroatoms. The predicted octanol–water partition coefficient (Wildman–Crippen LogP) is 4.58. The highest BCUT2D eigenvalue weighted by molar-refractivity contribution is 6.33. The van der Waals surface area contributed by atoms with Gasteiger partial charge in [0.05, 0.1) is 16.6 Å². The Bertz CT molecular complexity index is 713. The molecule has 2 aromatic rings. The van der Waals surface area contributed by atoms with E-state index in [2.05, 4.69) is 10.6 Å². The molecule has 1 aromatic heterocycles. The van der Waals surface area contributed by atoms with Crippen LogP contribution in [-0.4, -0.2) is 21.9 Å². The molecule has 3 rings (SSSR count). The molecule has 0 aliphatic carbocycles. The van der Waals surface area contributed by atoms with Crippen LogP contribution >= 0.6 is 11.6 Å². The highest BCUT2D eigenvalue weighted by Crippen LogP contribution is 2.32. The van der Waals surface area contributed by atoms with Crippen molar-refractivity contribution in [2.75, 3.05) is 6.54 Å². The zero-order chi connectivity index (χ0) is 16.4. The van der Waals surface area contributed by atoms with Crippen molar-refractivity contribution in [2.24, 2.45) is 7.05 Å². The number of hydrogen-bond acceptors (Lipinski definition) is 1. The molecule has 1 unspecified atom stereocenters. The van der Waals surface area contributed by atoms with Crippen LogP contribution in [0.25, 0.3) is 0 Å². The van der Waals surface area contributed by atoms with E-state index in [1.807, 2.05) is 24.2 Å². The third-order valence-corrected chi connectivity index (χ3v) is 4.81. The van der Waals surface area contributed by atoms with Crippen molar-refractivity contribution in [1.82, 2.24) is 9.47 Å². The molecule has 1 aliphatic heterocycles. The molecular weight excluding hydrogens is 315 g/mol. The quantitative estimate of drug-likeness (QED) is 0.789. The average molecular weight is 335 g/mol. The molecule has 1 saturated heterocycles. The number of aromatic nitrogens is 1. The number of halogens is 2. The predicted molar refractivity (Wildman–Crippen MR) is 89.1 cm³/mol. The first-order chi connectivity index (χ1) is 11.1. The maximum absolute atomic E-state index is 13.3. The van der Waals surface area contributed by atoms with Gasteiger partial charge in [-0.25, -0.2) is 4.39 Å². The minimum atomic E-state index is -0.429. The summed E-state index contributed by atoms with van der Waals surface area (Å²) in [5.74, 6) is -0.551. The van der Waals surface area contributed by atoms with E-state index in [0.717, 1.165) is 31.4 Å². The Kier molecular flexibility index (Phi) is 4.71. The fourth-order valence-corrected chi connectivity index (χ4v) is 3.55. The molecule has 3 nitrogen and oxygen atoms in total. The van der Waals surface area contributed by atoms with Crippen LogP contribution in [0.1, 0.15) is 47.8 Å². The molecule has 0 bridgehead atoms. The molecule has 1 atom stereocenters. The highest BCUT2D eigenvalue weighted by atomic mass is 35.5. The first-order valence-corrected chi connectivity index (χ1v) is 8.33. The monoisotopic (exact) mass is 334 g/mol. The van der Waals surface area contributed by atoms with Crippen molar-refractivity contribution < 1.29 is 9.18 Å². The van der Waals surface area contributed by atoms with Crippen LogP contribution in [0.2, 0.25) is 5.02 Å². The summed E-state index contributed by atoms with van der Waals surface area (Å²) < 4.78 is 15.3. The van der Waals surface area contributed by atoms with Gasteiger partial charge in [-0.05, 0) is 43.2 Å². The van der Waals surface area contributed by atoms with Crippen molar-refractivity contribution in [1.29, 1.82) is 0 Å². The van der Waals surface area contributed by atoms with Gasteiger partial charge < -0.3 is 9.47 Å². The molecule has 0 N–H and O–H groups in total. The Morgan fingerprint density at radius 2 is 2.09 bits per heavy atom. The van der Waals surface area contributed by atoms with Gasteiger partial charge in [0.1, 0.15) is 5.82 Å². The van der Waals surface area contributed by atoms with Crippen molar-refractivity contribution in [3.05, 3.63) is 58.6 Å². The van der Waals surface area contributed by atoms with Crippen LogP contribution in [0, 0.1) is 5.82 Å². The molecule has 0 spiro atoms. The molecule has 1 fully saturated rings. The summed E-state index contributed by atoms with van der Waals surface area (Å²) >= 11 is 6.10. The molecule has 23 heavy (non-hydrogen) atoms. The first kappa shape index (κ1) is 16.1. The lowest BCUT2D eigenvalue weighted by Gasteiger charge is -2.31. The fourth-order valence-electron chi connectivity index (χ4n) is 3.30. The summed E-state index contributed by atoms with van der Waals surface area (Å²) in [4.78, 5) is 14.9. The number of nitrogens with zero attached hydrogens (tertiary/aromatic N) is 2. The number of rotatable bonds is 2. The van der Waals surface area contributed by atoms with Gasteiger partial charge in [-0.15, -0.1) is 0 Å². The topological polar surface area (TPSA) is 25.2 Å². The number of likely N-dealkylation sites (tertiary alicyclic amines) is 1. The van der Waals surface area contributed by atoms with E-state index < -0.39 is 5.82 Å². The Morgan fingerprint density at radius 1 is 1.26 bits per heavy atom. The SMILES string of the molecule is Cn1cccc1C1CCCCCN1C(=O)c1ccc(F)cc1Cl. The highest BCUT2D eigenvalue weighted by Gasteiger charge is 2.29. The van der Waals surface area contributed by atoms with Gasteiger partial charge in [0, 0.05) is 25.5 Å². The van der Waals surface area contributed by atoms with Gasteiger partial charge in [-0.3, -0.25) is 4.79 Å². The van der Waals surface area contributed by atoms with Crippen LogP contribution in [0.15, 0.2) is 36.5 Å². The molecule has 2 heterocycles. The number of hydrogen-bond donors (Lipinski definition) is 0. The summed E-state index contributed by atoms with van der Waals surface area (Å²) in [5.41, 5.74) is 1.49. The maximum Gasteiger partial charge on any atom is 0.255 e. The van der Waals surface area contributed by atoms with E-state index in [1.54, 1.807) is 0 Å². The molecule has 0 saturated carbocycles. The van der Waals surface area contributed by atoms with Gasteiger partial charge in [0.15, 0.2) is 0 Å². The Labute approximate surface area is 140 Å². The third-order valence-electron chi connectivity index (χ3n) is 4.50. The molecule has 0 radical (unpaired) electrons. The lowest BCUT2D eigenvalue weighted by atomic mass is 10.1. The zero-order valence-corrected chi connectivity index (χ0v) is 13.9. The maximum atomic E-state index is 13.3. The molecule has 122 valence electrons. The van der Waals surface area contributed by atoms with E-state index in [1.165, 1.54) is 18.2 Å². The normalized spacial score (nSPS) is 18.7. The van der Waals surface area contributed by atoms with Crippen LogP contribution < -0.4 is 0 Å². The van der Waals surface area contributed by atoms with Gasteiger partial charge in [-0.2, -0.15) is 0 Å².